The molecule has 0 aromatic rings. The Morgan fingerprint density at radius 3 is 2.19 bits per heavy atom. The van der Waals surface area contributed by atoms with Gasteiger partial charge in [0.1, 0.15) is 0 Å². The van der Waals surface area contributed by atoms with Gasteiger partial charge in [-0.25, -0.2) is 4.79 Å². The summed E-state index contributed by atoms with van der Waals surface area (Å²) in [6.07, 6.45) is 10.6. The minimum atomic E-state index is -0.286. The zero-order valence-corrected chi connectivity index (χ0v) is 13.3. The first-order valence-electron chi connectivity index (χ1n) is 8.85. The molecule has 4 bridgehead atoms. The van der Waals surface area contributed by atoms with Crippen molar-refractivity contribution in [3.05, 3.63) is 0 Å². The summed E-state index contributed by atoms with van der Waals surface area (Å²) in [7, 11) is 0. The molecule has 2 N–H and O–H groups in total. The summed E-state index contributed by atoms with van der Waals surface area (Å²) < 4.78 is 4.85. The Morgan fingerprint density at radius 1 is 1.05 bits per heavy atom. The summed E-state index contributed by atoms with van der Waals surface area (Å²) >= 11 is 0. The first-order valence-corrected chi connectivity index (χ1v) is 8.85. The quantitative estimate of drug-likeness (QED) is 0.710. The van der Waals surface area contributed by atoms with E-state index in [4.69, 9.17) is 4.74 Å². The third-order valence-corrected chi connectivity index (χ3v) is 5.69. The average molecular weight is 294 g/mol. The van der Waals surface area contributed by atoms with Crippen molar-refractivity contribution >= 4 is 6.09 Å². The maximum atomic E-state index is 11.2. The summed E-state index contributed by atoms with van der Waals surface area (Å²) in [5.74, 6) is 3.03. The Balaban J connectivity index is 1.32. The largest absolute Gasteiger partial charge is 0.450 e. The van der Waals surface area contributed by atoms with E-state index >= 15 is 0 Å². The molecule has 0 saturated heterocycles. The number of hydrogen-bond acceptors (Lipinski definition) is 3. The number of alkyl carbamates (subject to hydrolysis) is 1. The minimum Gasteiger partial charge on any atom is -0.450 e. The van der Waals surface area contributed by atoms with Gasteiger partial charge in [0.25, 0.3) is 0 Å². The molecule has 0 unspecified atom stereocenters. The SMILES string of the molecule is CCOC(=O)NCCCCNC12CC3CC(CC(C3)C1)C2. The first-order chi connectivity index (χ1) is 10.2. The normalized spacial score (nSPS) is 36.7. The van der Waals surface area contributed by atoms with Gasteiger partial charge in [-0.2, -0.15) is 0 Å². The Kier molecular flexibility index (Phi) is 4.72. The van der Waals surface area contributed by atoms with E-state index in [0.717, 1.165) is 43.7 Å². The Labute approximate surface area is 128 Å². The van der Waals surface area contributed by atoms with Crippen molar-refractivity contribution in [3.63, 3.8) is 0 Å². The van der Waals surface area contributed by atoms with Crippen molar-refractivity contribution in [2.75, 3.05) is 19.7 Å². The fraction of sp³-hybridized carbons (Fsp3) is 0.941. The van der Waals surface area contributed by atoms with Crippen molar-refractivity contribution < 1.29 is 9.53 Å². The summed E-state index contributed by atoms with van der Waals surface area (Å²) in [6.45, 7) is 4.09. The van der Waals surface area contributed by atoms with Gasteiger partial charge >= 0.3 is 6.09 Å². The molecule has 1 amide bonds. The lowest BCUT2D eigenvalue weighted by Crippen LogP contribution is -2.58. The van der Waals surface area contributed by atoms with Crippen LogP contribution in [0.3, 0.4) is 0 Å². The van der Waals surface area contributed by atoms with Crippen LogP contribution in [0.25, 0.3) is 0 Å². The number of amides is 1. The summed E-state index contributed by atoms with van der Waals surface area (Å²) in [4.78, 5) is 11.2. The van der Waals surface area contributed by atoms with Gasteiger partial charge in [-0.05, 0) is 82.6 Å². The topological polar surface area (TPSA) is 50.4 Å². The van der Waals surface area contributed by atoms with Crippen LogP contribution in [0, 0.1) is 17.8 Å². The van der Waals surface area contributed by atoms with Crippen LogP contribution in [0.5, 0.6) is 0 Å². The monoisotopic (exact) mass is 294 g/mol. The lowest BCUT2D eigenvalue weighted by Gasteiger charge is -2.57. The van der Waals surface area contributed by atoms with Gasteiger partial charge in [-0.3, -0.25) is 0 Å². The molecule has 21 heavy (non-hydrogen) atoms. The second kappa shape index (κ2) is 6.55. The summed E-state index contributed by atoms with van der Waals surface area (Å²) in [6, 6.07) is 0. The first kappa shape index (κ1) is 15.1. The van der Waals surface area contributed by atoms with Crippen molar-refractivity contribution in [2.24, 2.45) is 17.8 Å². The predicted octanol–water partition coefficient (Wildman–Crippen LogP) is 3.07. The number of carbonyl (C=O) groups excluding carboxylic acids is 1. The third kappa shape index (κ3) is 3.71. The van der Waals surface area contributed by atoms with E-state index in [2.05, 4.69) is 10.6 Å². The zero-order valence-electron chi connectivity index (χ0n) is 13.3. The molecule has 4 aliphatic rings. The second-order valence-electron chi connectivity index (χ2n) is 7.48. The molecular weight excluding hydrogens is 264 g/mol. The number of rotatable bonds is 7. The lowest BCUT2D eigenvalue weighted by molar-refractivity contribution is -0.0196. The molecule has 4 rings (SSSR count). The van der Waals surface area contributed by atoms with Gasteiger partial charge in [-0.1, -0.05) is 0 Å². The molecule has 4 aliphatic carbocycles. The Morgan fingerprint density at radius 2 is 1.62 bits per heavy atom. The van der Waals surface area contributed by atoms with Gasteiger partial charge < -0.3 is 15.4 Å². The van der Waals surface area contributed by atoms with Crippen molar-refractivity contribution in [1.82, 2.24) is 10.6 Å². The molecule has 4 saturated carbocycles. The van der Waals surface area contributed by atoms with Crippen LogP contribution < -0.4 is 10.6 Å². The molecule has 0 atom stereocenters. The Hall–Kier alpha value is -0.770. The molecule has 0 radical (unpaired) electrons. The number of ether oxygens (including phenoxy) is 1. The molecule has 0 aromatic carbocycles. The molecule has 4 nitrogen and oxygen atoms in total. The minimum absolute atomic E-state index is 0.286. The maximum absolute atomic E-state index is 11.2. The highest BCUT2D eigenvalue weighted by Gasteiger charge is 2.50. The van der Waals surface area contributed by atoms with Crippen LogP contribution in [0.2, 0.25) is 0 Å². The average Bonchev–Trinajstić information content (AvgIpc) is 2.41. The van der Waals surface area contributed by atoms with Gasteiger partial charge in [0, 0.05) is 12.1 Å². The highest BCUT2D eigenvalue weighted by atomic mass is 16.5. The van der Waals surface area contributed by atoms with E-state index in [9.17, 15) is 4.79 Å². The molecule has 4 fully saturated rings. The highest BCUT2D eigenvalue weighted by Crippen LogP contribution is 2.55. The van der Waals surface area contributed by atoms with Crippen LogP contribution in [0.4, 0.5) is 4.79 Å². The number of unbranched alkanes of at least 4 members (excludes halogenated alkanes) is 1. The summed E-state index contributed by atoms with van der Waals surface area (Å²) in [5, 5.41) is 6.69. The van der Waals surface area contributed by atoms with Gasteiger partial charge in [0.15, 0.2) is 0 Å². The second-order valence-corrected chi connectivity index (χ2v) is 7.48. The van der Waals surface area contributed by atoms with Crippen LogP contribution >= 0.6 is 0 Å². The number of carbonyl (C=O) groups is 1. The molecule has 0 heterocycles. The Bertz CT molecular complexity index is 335. The highest BCUT2D eigenvalue weighted by molar-refractivity contribution is 5.66. The fourth-order valence-corrected chi connectivity index (χ4v) is 5.30. The lowest BCUT2D eigenvalue weighted by atomic mass is 9.53. The van der Waals surface area contributed by atoms with E-state index in [1.165, 1.54) is 38.5 Å². The van der Waals surface area contributed by atoms with E-state index in [1.54, 1.807) is 0 Å². The molecule has 0 aromatic heterocycles. The number of hydrogen-bond donors (Lipinski definition) is 2. The van der Waals surface area contributed by atoms with E-state index in [1.807, 2.05) is 6.92 Å². The predicted molar refractivity (Wildman–Crippen MR) is 83.2 cm³/mol. The van der Waals surface area contributed by atoms with Crippen molar-refractivity contribution in [2.45, 2.75) is 63.8 Å². The van der Waals surface area contributed by atoms with Gasteiger partial charge in [0.05, 0.1) is 6.61 Å². The molecule has 0 aliphatic heterocycles. The van der Waals surface area contributed by atoms with E-state index < -0.39 is 0 Å². The third-order valence-electron chi connectivity index (χ3n) is 5.69. The van der Waals surface area contributed by atoms with Crippen LogP contribution in [-0.2, 0) is 4.74 Å². The van der Waals surface area contributed by atoms with Crippen LogP contribution in [0.1, 0.15) is 58.3 Å². The fourth-order valence-electron chi connectivity index (χ4n) is 5.30. The molecule has 0 spiro atoms. The van der Waals surface area contributed by atoms with Crippen LogP contribution in [0.15, 0.2) is 0 Å². The molecular formula is C17H30N2O2. The number of nitrogens with one attached hydrogen (secondary N) is 2. The van der Waals surface area contributed by atoms with Crippen molar-refractivity contribution in [3.8, 4) is 0 Å². The van der Waals surface area contributed by atoms with Crippen LogP contribution in [-0.4, -0.2) is 31.3 Å². The van der Waals surface area contributed by atoms with Gasteiger partial charge in [-0.15, -0.1) is 0 Å². The van der Waals surface area contributed by atoms with E-state index in [-0.39, 0.29) is 6.09 Å². The molecule has 4 heteroatoms. The maximum Gasteiger partial charge on any atom is 0.407 e. The molecule has 120 valence electrons. The van der Waals surface area contributed by atoms with Gasteiger partial charge in [0.2, 0.25) is 0 Å². The smallest absolute Gasteiger partial charge is 0.407 e. The summed E-state index contributed by atoms with van der Waals surface area (Å²) in [5.41, 5.74) is 0.476. The van der Waals surface area contributed by atoms with Crippen molar-refractivity contribution in [1.29, 1.82) is 0 Å². The van der Waals surface area contributed by atoms with E-state index in [0.29, 0.717) is 12.1 Å². The standard InChI is InChI=1S/C17H30N2O2/c1-2-21-16(20)18-5-3-4-6-19-17-10-13-7-14(11-17)9-15(8-13)12-17/h13-15,19H,2-12H2,1H3,(H,18,20). The zero-order chi connectivity index (χ0) is 14.7.